The molecule has 0 heterocycles. The van der Waals surface area contributed by atoms with E-state index in [4.69, 9.17) is 3.82 Å². The third kappa shape index (κ3) is 5.24. The zero-order valence-electron chi connectivity index (χ0n) is 6.62. The first-order valence-electron chi connectivity index (χ1n) is 3.82. The number of hydrogen-bond donors (Lipinski definition) is 1. The van der Waals surface area contributed by atoms with Gasteiger partial charge in [-0.05, 0) is 0 Å². The van der Waals surface area contributed by atoms with Crippen molar-refractivity contribution in [1.29, 1.82) is 0 Å². The van der Waals surface area contributed by atoms with Gasteiger partial charge in [0.2, 0.25) is 0 Å². The van der Waals surface area contributed by atoms with E-state index in [1.807, 2.05) is 0 Å². The van der Waals surface area contributed by atoms with Gasteiger partial charge in [0.05, 0.1) is 0 Å². The first-order chi connectivity index (χ1) is 4.85. The molecule has 2 nitrogen and oxygen atoms in total. The van der Waals surface area contributed by atoms with Crippen molar-refractivity contribution < 1.29 is 20.2 Å². The van der Waals surface area contributed by atoms with Crippen LogP contribution in [0.15, 0.2) is 0 Å². The first-order valence-corrected chi connectivity index (χ1v) is 4.21. The summed E-state index contributed by atoms with van der Waals surface area (Å²) in [5, 5.41) is 3.19. The molecule has 0 aliphatic carbocycles. The van der Waals surface area contributed by atoms with E-state index >= 15 is 0 Å². The van der Waals surface area contributed by atoms with Crippen LogP contribution >= 0.6 is 0 Å². The fourth-order valence-electron chi connectivity index (χ4n) is 0.730. The van der Waals surface area contributed by atoms with Gasteiger partial charge in [-0.1, -0.05) is 0 Å². The fourth-order valence-corrected chi connectivity index (χ4v) is 0.920. The van der Waals surface area contributed by atoms with Crippen molar-refractivity contribution in [1.82, 2.24) is 5.32 Å². The van der Waals surface area contributed by atoms with Gasteiger partial charge in [-0.2, -0.15) is 0 Å². The Morgan fingerprint density at radius 1 is 1.40 bits per heavy atom. The molecule has 66 valence electrons. The number of nitrogens with one attached hydrogen (secondary N) is 1. The van der Waals surface area contributed by atoms with Gasteiger partial charge in [0.1, 0.15) is 0 Å². The number of rotatable bonds is 6. The van der Waals surface area contributed by atoms with E-state index in [9.17, 15) is 0 Å². The summed E-state index contributed by atoms with van der Waals surface area (Å²) >= 11 is 4.63. The summed E-state index contributed by atoms with van der Waals surface area (Å²) in [6, 6.07) is 0. The molecule has 0 radical (unpaired) electrons. The van der Waals surface area contributed by atoms with Gasteiger partial charge in [0, 0.05) is 0 Å². The van der Waals surface area contributed by atoms with Crippen LogP contribution in [0.3, 0.4) is 0 Å². The summed E-state index contributed by atoms with van der Waals surface area (Å²) in [6.45, 7) is 5.22. The molecule has 10 heavy (non-hydrogen) atoms. The Morgan fingerprint density at radius 3 is 2.50 bits per heavy atom. The monoisotopic (exact) mass is 193 g/mol. The molecule has 0 aromatic rings. The minimum absolute atomic E-state index is 0.0740. The maximum absolute atomic E-state index is 4.74. The van der Waals surface area contributed by atoms with Gasteiger partial charge in [0.15, 0.2) is 0 Å². The van der Waals surface area contributed by atoms with Gasteiger partial charge in [0.25, 0.3) is 0 Å². The van der Waals surface area contributed by atoms with Crippen LogP contribution in [0.5, 0.6) is 0 Å². The molecule has 0 spiro atoms. The zero-order valence-corrected chi connectivity index (χ0v) is 7.56. The van der Waals surface area contributed by atoms with Crippen LogP contribution in [0.2, 0.25) is 0 Å². The quantitative estimate of drug-likeness (QED) is 0.511. The molecule has 1 unspecified atom stereocenters. The van der Waals surface area contributed by atoms with Crippen molar-refractivity contribution >= 4 is 0 Å². The van der Waals surface area contributed by atoms with Gasteiger partial charge in [-0.25, -0.2) is 0 Å². The summed E-state index contributed by atoms with van der Waals surface area (Å²) in [5.74, 6) is 0. The Balaban J connectivity index is 3.21. The van der Waals surface area contributed by atoms with Crippen molar-refractivity contribution in [2.45, 2.75) is 39.3 Å². The SMILES string of the molecule is CCCNC(CCC)[O][Cu]. The Morgan fingerprint density at radius 2 is 2.10 bits per heavy atom. The fraction of sp³-hybridized carbons (Fsp3) is 1.00. The van der Waals surface area contributed by atoms with Gasteiger partial charge in [-0.15, -0.1) is 0 Å². The molecule has 0 aromatic heterocycles. The average Bonchev–Trinajstić information content (AvgIpc) is 1.98. The second kappa shape index (κ2) is 7.55. The van der Waals surface area contributed by atoms with Crippen LogP contribution in [-0.2, 0) is 20.2 Å². The third-order valence-corrected chi connectivity index (χ3v) is 1.53. The molecule has 0 amide bonds. The van der Waals surface area contributed by atoms with Crippen molar-refractivity contribution in [2.75, 3.05) is 6.54 Å². The topological polar surface area (TPSA) is 21.3 Å². The van der Waals surface area contributed by atoms with Gasteiger partial charge < -0.3 is 0 Å². The molecule has 1 N–H and O–H groups in total. The second-order valence-electron chi connectivity index (χ2n) is 2.30. The van der Waals surface area contributed by atoms with Crippen LogP contribution < -0.4 is 5.32 Å². The normalized spacial score (nSPS) is 13.6. The Bertz CT molecular complexity index is 70.6. The molecule has 0 fully saturated rings. The van der Waals surface area contributed by atoms with Gasteiger partial charge >= 0.3 is 71.4 Å². The Hall–Kier alpha value is 0.439. The zero-order chi connectivity index (χ0) is 7.82. The standard InChI is InChI=1S/C7H16NO.Cu/c1-3-5-7(9)8-6-4-2;/h7-8H,3-6H2,1-2H3;/q-1;+1. The molecule has 0 saturated carbocycles. The predicted octanol–water partition coefficient (Wildman–Crippen LogP) is 1.59. The van der Waals surface area contributed by atoms with Crippen LogP contribution in [0.25, 0.3) is 0 Å². The third-order valence-electron chi connectivity index (χ3n) is 1.26. The predicted molar refractivity (Wildman–Crippen MR) is 38.1 cm³/mol. The first kappa shape index (κ1) is 10.4. The van der Waals surface area contributed by atoms with E-state index in [-0.39, 0.29) is 6.23 Å². The van der Waals surface area contributed by atoms with E-state index in [0.29, 0.717) is 0 Å². The van der Waals surface area contributed by atoms with Crippen LogP contribution in [0.1, 0.15) is 33.1 Å². The minimum atomic E-state index is 0.0740. The van der Waals surface area contributed by atoms with Crippen LogP contribution in [0, 0.1) is 0 Å². The van der Waals surface area contributed by atoms with Crippen molar-refractivity contribution in [3.8, 4) is 0 Å². The maximum atomic E-state index is 4.74. The average molecular weight is 194 g/mol. The molecular weight excluding hydrogens is 178 g/mol. The second-order valence-corrected chi connectivity index (χ2v) is 2.52. The van der Waals surface area contributed by atoms with Crippen molar-refractivity contribution in [3.05, 3.63) is 0 Å². The molecule has 0 saturated heterocycles. The molecular formula is C7H16CuNO. The molecule has 3 heteroatoms. The molecule has 0 aliphatic rings. The van der Waals surface area contributed by atoms with Crippen molar-refractivity contribution in [2.24, 2.45) is 0 Å². The molecule has 0 rings (SSSR count). The molecule has 0 bridgehead atoms. The summed E-state index contributed by atoms with van der Waals surface area (Å²) in [4.78, 5) is 0. The summed E-state index contributed by atoms with van der Waals surface area (Å²) in [6.07, 6.45) is 3.30. The van der Waals surface area contributed by atoms with E-state index in [2.05, 4.69) is 35.5 Å². The Kier molecular flexibility index (Phi) is 7.88. The summed E-state index contributed by atoms with van der Waals surface area (Å²) in [7, 11) is 0. The summed E-state index contributed by atoms with van der Waals surface area (Å²) < 4.78 is 4.74. The molecule has 0 aromatic carbocycles. The van der Waals surface area contributed by atoms with Crippen molar-refractivity contribution in [3.63, 3.8) is 0 Å². The van der Waals surface area contributed by atoms with Crippen LogP contribution in [-0.4, -0.2) is 12.8 Å². The van der Waals surface area contributed by atoms with E-state index in [0.717, 1.165) is 25.8 Å². The van der Waals surface area contributed by atoms with E-state index in [1.165, 1.54) is 0 Å². The van der Waals surface area contributed by atoms with Crippen LogP contribution in [0.4, 0.5) is 0 Å². The van der Waals surface area contributed by atoms with Gasteiger partial charge in [-0.3, -0.25) is 0 Å². The number of hydrogen-bond acceptors (Lipinski definition) is 2. The molecule has 0 aliphatic heterocycles. The van der Waals surface area contributed by atoms with E-state index in [1.54, 1.807) is 0 Å². The summed E-state index contributed by atoms with van der Waals surface area (Å²) in [5.41, 5.74) is 0. The Labute approximate surface area is 71.9 Å². The van der Waals surface area contributed by atoms with E-state index < -0.39 is 0 Å². The molecule has 1 atom stereocenters.